The molecule has 0 spiro atoms. The van der Waals surface area contributed by atoms with Crippen LogP contribution in [0.4, 0.5) is 5.69 Å². The molecule has 1 N–H and O–H groups in total. The van der Waals surface area contributed by atoms with Crippen molar-refractivity contribution < 1.29 is 4.79 Å². The first-order chi connectivity index (χ1) is 12.8. The average molecular weight is 352 g/mol. The van der Waals surface area contributed by atoms with E-state index in [1.807, 2.05) is 54.6 Å². The van der Waals surface area contributed by atoms with E-state index in [1.54, 1.807) is 0 Å². The number of benzene rings is 2. The molecule has 0 bridgehead atoms. The van der Waals surface area contributed by atoms with E-state index >= 15 is 0 Å². The molecule has 0 aliphatic rings. The Hall–Kier alpha value is -2.09. The van der Waals surface area contributed by atoms with Crippen molar-refractivity contribution >= 4 is 11.5 Å². The molecule has 2 nitrogen and oxygen atoms in total. The van der Waals surface area contributed by atoms with Gasteiger partial charge in [0.25, 0.3) is 0 Å². The fraction of sp³-hybridized carbons (Fsp3) is 0.458. The SMILES string of the molecule is CCCCCCCCCCCNc1ccc(C(=O)c2ccccc2)cc1. The largest absolute Gasteiger partial charge is 0.385 e. The molecule has 0 saturated carbocycles. The van der Waals surface area contributed by atoms with Gasteiger partial charge in [-0.05, 0) is 30.7 Å². The maximum absolute atomic E-state index is 12.4. The van der Waals surface area contributed by atoms with E-state index in [1.165, 1.54) is 57.8 Å². The summed E-state index contributed by atoms with van der Waals surface area (Å²) in [4.78, 5) is 12.4. The standard InChI is InChI=1S/C24H33NO/c1-2-3-4-5-6-7-8-9-13-20-25-23-18-16-22(17-19-23)24(26)21-14-11-10-12-15-21/h10-12,14-19,25H,2-9,13,20H2,1H3. The molecule has 0 aromatic heterocycles. The van der Waals surface area contributed by atoms with E-state index in [2.05, 4.69) is 12.2 Å². The van der Waals surface area contributed by atoms with Crippen LogP contribution in [0.1, 0.15) is 80.6 Å². The molecule has 2 rings (SSSR count). The van der Waals surface area contributed by atoms with Gasteiger partial charge in [-0.25, -0.2) is 0 Å². The molecule has 0 aliphatic heterocycles. The fourth-order valence-corrected chi connectivity index (χ4v) is 3.16. The monoisotopic (exact) mass is 351 g/mol. The zero-order valence-corrected chi connectivity index (χ0v) is 16.2. The summed E-state index contributed by atoms with van der Waals surface area (Å²) in [5, 5.41) is 3.46. The molecule has 140 valence electrons. The smallest absolute Gasteiger partial charge is 0.193 e. The molecular weight excluding hydrogens is 318 g/mol. The number of nitrogens with one attached hydrogen (secondary N) is 1. The highest BCUT2D eigenvalue weighted by Gasteiger charge is 2.07. The summed E-state index contributed by atoms with van der Waals surface area (Å²) in [7, 11) is 0. The quantitative estimate of drug-likeness (QED) is 0.315. The van der Waals surface area contributed by atoms with Crippen molar-refractivity contribution in [2.45, 2.75) is 64.7 Å². The summed E-state index contributed by atoms with van der Waals surface area (Å²) in [5.74, 6) is 0.0797. The molecule has 0 unspecified atom stereocenters. The summed E-state index contributed by atoms with van der Waals surface area (Å²) in [5.41, 5.74) is 2.57. The molecule has 2 heteroatoms. The van der Waals surface area contributed by atoms with Gasteiger partial charge in [-0.15, -0.1) is 0 Å². The third-order valence-corrected chi connectivity index (χ3v) is 4.79. The lowest BCUT2D eigenvalue weighted by Crippen LogP contribution is -2.03. The number of hydrogen-bond donors (Lipinski definition) is 1. The maximum Gasteiger partial charge on any atom is 0.193 e. The van der Waals surface area contributed by atoms with Crippen LogP contribution in [0.5, 0.6) is 0 Å². The van der Waals surface area contributed by atoms with Crippen LogP contribution in [-0.4, -0.2) is 12.3 Å². The van der Waals surface area contributed by atoms with E-state index < -0.39 is 0 Å². The molecule has 2 aromatic rings. The van der Waals surface area contributed by atoms with Crippen LogP contribution in [0.2, 0.25) is 0 Å². The number of unbranched alkanes of at least 4 members (excludes halogenated alkanes) is 8. The Morgan fingerprint density at radius 2 is 1.23 bits per heavy atom. The highest BCUT2D eigenvalue weighted by Crippen LogP contribution is 2.14. The van der Waals surface area contributed by atoms with Crippen LogP contribution in [0.15, 0.2) is 54.6 Å². The highest BCUT2D eigenvalue weighted by atomic mass is 16.1. The second kappa shape index (κ2) is 12.3. The predicted molar refractivity (Wildman–Crippen MR) is 112 cm³/mol. The first-order valence-corrected chi connectivity index (χ1v) is 10.2. The maximum atomic E-state index is 12.4. The second-order valence-electron chi connectivity index (χ2n) is 7.03. The molecule has 0 aliphatic carbocycles. The lowest BCUT2D eigenvalue weighted by molar-refractivity contribution is 0.103. The van der Waals surface area contributed by atoms with Gasteiger partial charge in [0.05, 0.1) is 0 Å². The Morgan fingerprint density at radius 3 is 1.85 bits per heavy atom. The molecule has 0 saturated heterocycles. The van der Waals surface area contributed by atoms with Crippen LogP contribution in [0.25, 0.3) is 0 Å². The minimum atomic E-state index is 0.0797. The van der Waals surface area contributed by atoms with Gasteiger partial charge in [-0.3, -0.25) is 4.79 Å². The normalized spacial score (nSPS) is 10.7. The first-order valence-electron chi connectivity index (χ1n) is 10.2. The summed E-state index contributed by atoms with van der Waals surface area (Å²) in [6, 6.07) is 17.3. The topological polar surface area (TPSA) is 29.1 Å². The van der Waals surface area contributed by atoms with Gasteiger partial charge in [0, 0.05) is 23.4 Å². The minimum Gasteiger partial charge on any atom is -0.385 e. The minimum absolute atomic E-state index is 0.0797. The van der Waals surface area contributed by atoms with Crippen molar-refractivity contribution in [2.24, 2.45) is 0 Å². The zero-order chi connectivity index (χ0) is 18.5. The molecule has 0 atom stereocenters. The summed E-state index contributed by atoms with van der Waals surface area (Å²) < 4.78 is 0. The van der Waals surface area contributed by atoms with Crippen molar-refractivity contribution in [3.05, 3.63) is 65.7 Å². The van der Waals surface area contributed by atoms with Crippen LogP contribution in [0, 0.1) is 0 Å². The lowest BCUT2D eigenvalue weighted by Gasteiger charge is -2.08. The number of ketones is 1. The van der Waals surface area contributed by atoms with E-state index in [-0.39, 0.29) is 5.78 Å². The highest BCUT2D eigenvalue weighted by molar-refractivity contribution is 6.09. The number of carbonyl (C=O) groups excluding carboxylic acids is 1. The van der Waals surface area contributed by atoms with E-state index in [9.17, 15) is 4.79 Å². The van der Waals surface area contributed by atoms with Gasteiger partial charge >= 0.3 is 0 Å². The molecule has 26 heavy (non-hydrogen) atoms. The number of carbonyl (C=O) groups is 1. The molecule has 0 fully saturated rings. The number of anilines is 1. The van der Waals surface area contributed by atoms with Crippen molar-refractivity contribution in [2.75, 3.05) is 11.9 Å². The zero-order valence-electron chi connectivity index (χ0n) is 16.2. The van der Waals surface area contributed by atoms with Gasteiger partial charge < -0.3 is 5.32 Å². The van der Waals surface area contributed by atoms with Gasteiger partial charge in [0.15, 0.2) is 5.78 Å². The Balaban J connectivity index is 1.60. The molecule has 2 aromatic carbocycles. The molecule has 0 amide bonds. The Morgan fingerprint density at radius 1 is 0.692 bits per heavy atom. The average Bonchev–Trinajstić information content (AvgIpc) is 2.70. The Kier molecular flexibility index (Phi) is 9.56. The lowest BCUT2D eigenvalue weighted by atomic mass is 10.0. The third kappa shape index (κ3) is 7.43. The van der Waals surface area contributed by atoms with Crippen molar-refractivity contribution in [1.82, 2.24) is 0 Å². The van der Waals surface area contributed by atoms with E-state index in [4.69, 9.17) is 0 Å². The van der Waals surface area contributed by atoms with Crippen molar-refractivity contribution in [1.29, 1.82) is 0 Å². The summed E-state index contributed by atoms with van der Waals surface area (Å²) in [6.07, 6.45) is 12.1. The summed E-state index contributed by atoms with van der Waals surface area (Å²) in [6.45, 7) is 3.27. The third-order valence-electron chi connectivity index (χ3n) is 4.79. The van der Waals surface area contributed by atoms with Crippen molar-refractivity contribution in [3.63, 3.8) is 0 Å². The first kappa shape index (κ1) is 20.2. The van der Waals surface area contributed by atoms with Gasteiger partial charge in [-0.2, -0.15) is 0 Å². The van der Waals surface area contributed by atoms with Crippen LogP contribution >= 0.6 is 0 Å². The van der Waals surface area contributed by atoms with Crippen LogP contribution < -0.4 is 5.32 Å². The molecule has 0 radical (unpaired) electrons. The van der Waals surface area contributed by atoms with Crippen LogP contribution in [-0.2, 0) is 0 Å². The number of hydrogen-bond acceptors (Lipinski definition) is 2. The predicted octanol–water partition coefficient (Wildman–Crippen LogP) is 6.86. The molecular formula is C24H33NO. The second-order valence-corrected chi connectivity index (χ2v) is 7.03. The number of rotatable bonds is 13. The van der Waals surface area contributed by atoms with Crippen LogP contribution in [0.3, 0.4) is 0 Å². The Bertz CT molecular complexity index is 618. The van der Waals surface area contributed by atoms with Gasteiger partial charge in [0.1, 0.15) is 0 Å². The van der Waals surface area contributed by atoms with E-state index in [0.29, 0.717) is 0 Å². The fourth-order valence-electron chi connectivity index (χ4n) is 3.16. The summed E-state index contributed by atoms with van der Waals surface area (Å²) >= 11 is 0. The van der Waals surface area contributed by atoms with Crippen molar-refractivity contribution in [3.8, 4) is 0 Å². The van der Waals surface area contributed by atoms with Gasteiger partial charge in [0.2, 0.25) is 0 Å². The van der Waals surface area contributed by atoms with Gasteiger partial charge in [-0.1, -0.05) is 88.6 Å². The molecule has 0 heterocycles. The van der Waals surface area contributed by atoms with E-state index in [0.717, 1.165) is 23.4 Å². The Labute approximate surface area is 159 Å².